The summed E-state index contributed by atoms with van der Waals surface area (Å²) in [6.07, 6.45) is 13.8. The van der Waals surface area contributed by atoms with E-state index in [0.717, 1.165) is 32.1 Å². The van der Waals surface area contributed by atoms with Gasteiger partial charge in [0.25, 0.3) is 0 Å². The van der Waals surface area contributed by atoms with E-state index < -0.39 is 14.3 Å². The summed E-state index contributed by atoms with van der Waals surface area (Å²) in [6.45, 7) is 13.7. The molecule has 0 amide bonds. The number of aliphatic carboxylic acids is 1. The molecule has 0 radical (unpaired) electrons. The van der Waals surface area contributed by atoms with Crippen LogP contribution in [0.25, 0.3) is 0 Å². The smallest absolute Gasteiger partial charge is 0.303 e. The van der Waals surface area contributed by atoms with E-state index >= 15 is 0 Å². The number of rotatable bonds is 13. The number of allylic oxidation sites excluding steroid dienone is 3. The zero-order valence-electron chi connectivity index (χ0n) is 22.7. The Morgan fingerprint density at radius 2 is 1.89 bits per heavy atom. The van der Waals surface area contributed by atoms with Gasteiger partial charge in [-0.15, -0.1) is 0 Å². The molecule has 2 rings (SSSR count). The molecule has 0 saturated heterocycles. The molecule has 0 aromatic heterocycles. The maximum absolute atomic E-state index is 10.7. The molecule has 2 N–H and O–H groups in total. The highest BCUT2D eigenvalue weighted by molar-refractivity contribution is 6.74. The molecule has 1 aliphatic carbocycles. The van der Waals surface area contributed by atoms with Gasteiger partial charge >= 0.3 is 5.97 Å². The number of benzene rings is 1. The molecule has 1 aliphatic rings. The molecular weight excluding hydrogens is 452 g/mol. The fraction of sp³-hybridized carbons (Fsp3) is 0.633. The number of hydrogen-bond donors (Lipinski definition) is 2. The number of carbonyl (C=O) groups is 1. The molecule has 0 bridgehead atoms. The second kappa shape index (κ2) is 13.6. The topological polar surface area (TPSA) is 66.8 Å². The molecule has 0 spiro atoms. The van der Waals surface area contributed by atoms with Gasteiger partial charge in [0.05, 0.1) is 12.2 Å². The van der Waals surface area contributed by atoms with Crippen LogP contribution >= 0.6 is 0 Å². The Kier molecular flexibility index (Phi) is 11.5. The van der Waals surface area contributed by atoms with E-state index in [1.807, 2.05) is 0 Å². The highest BCUT2D eigenvalue weighted by Gasteiger charge is 2.40. The van der Waals surface area contributed by atoms with E-state index in [4.69, 9.17) is 9.53 Å². The Hall–Kier alpha value is -1.69. The van der Waals surface area contributed by atoms with Gasteiger partial charge < -0.3 is 14.6 Å². The summed E-state index contributed by atoms with van der Waals surface area (Å²) in [4.78, 5) is 10.7. The van der Waals surface area contributed by atoms with Crippen LogP contribution in [0.3, 0.4) is 0 Å². The van der Waals surface area contributed by atoms with Gasteiger partial charge in [-0.2, -0.15) is 0 Å². The lowest BCUT2D eigenvalue weighted by Gasteiger charge is -2.39. The molecule has 1 fully saturated rings. The summed E-state index contributed by atoms with van der Waals surface area (Å²) in [7, 11) is -1.93. The highest BCUT2D eigenvalue weighted by atomic mass is 28.4. The third kappa shape index (κ3) is 9.70. The van der Waals surface area contributed by atoms with Crippen molar-refractivity contribution in [2.45, 2.75) is 103 Å². The molecule has 1 aromatic rings. The fourth-order valence-corrected chi connectivity index (χ4v) is 6.04. The molecule has 4 nitrogen and oxygen atoms in total. The van der Waals surface area contributed by atoms with Crippen LogP contribution in [0, 0.1) is 17.8 Å². The van der Waals surface area contributed by atoms with Gasteiger partial charge in [-0.05, 0) is 80.0 Å². The predicted molar refractivity (Wildman–Crippen MR) is 148 cm³/mol. The third-order valence-electron chi connectivity index (χ3n) is 7.96. The van der Waals surface area contributed by atoms with Crippen molar-refractivity contribution in [2.75, 3.05) is 0 Å². The molecular formula is C30H48O4Si. The number of carboxylic acid groups (broad SMARTS) is 1. The molecule has 0 heterocycles. The summed E-state index contributed by atoms with van der Waals surface area (Å²) in [6, 6.07) is 10.6. The van der Waals surface area contributed by atoms with Crippen molar-refractivity contribution in [3.63, 3.8) is 0 Å². The normalized spacial score (nSPS) is 24.4. The van der Waals surface area contributed by atoms with Crippen molar-refractivity contribution >= 4 is 14.3 Å². The molecule has 5 heteroatoms. The lowest BCUT2D eigenvalue weighted by Crippen LogP contribution is -2.43. The van der Waals surface area contributed by atoms with Gasteiger partial charge in [-0.3, -0.25) is 4.79 Å². The summed E-state index contributed by atoms with van der Waals surface area (Å²) in [5.74, 6) is 0.190. The summed E-state index contributed by atoms with van der Waals surface area (Å²) < 4.78 is 6.85. The molecule has 5 atom stereocenters. The van der Waals surface area contributed by atoms with Crippen LogP contribution in [0.4, 0.5) is 0 Å². The van der Waals surface area contributed by atoms with E-state index in [9.17, 15) is 9.90 Å². The third-order valence-corrected chi connectivity index (χ3v) is 12.5. The molecule has 1 aromatic carbocycles. The largest absolute Gasteiger partial charge is 0.481 e. The molecule has 4 unspecified atom stereocenters. The number of carboxylic acids is 1. The van der Waals surface area contributed by atoms with Crippen molar-refractivity contribution < 1.29 is 19.4 Å². The van der Waals surface area contributed by atoms with E-state index in [0.29, 0.717) is 18.3 Å². The van der Waals surface area contributed by atoms with E-state index in [2.05, 4.69) is 95.4 Å². The van der Waals surface area contributed by atoms with Gasteiger partial charge in [-0.25, -0.2) is 0 Å². The van der Waals surface area contributed by atoms with Crippen LogP contribution in [0.2, 0.25) is 18.1 Å². The van der Waals surface area contributed by atoms with Gasteiger partial charge in [0.2, 0.25) is 0 Å². The lowest BCUT2D eigenvalue weighted by atomic mass is 9.86. The second-order valence-electron chi connectivity index (χ2n) is 11.8. The Morgan fingerprint density at radius 3 is 2.51 bits per heavy atom. The van der Waals surface area contributed by atoms with Crippen LogP contribution in [0.1, 0.15) is 71.8 Å². The fourth-order valence-electron chi connectivity index (χ4n) is 4.74. The van der Waals surface area contributed by atoms with Crippen molar-refractivity contribution in [1.29, 1.82) is 0 Å². The average Bonchev–Trinajstić information content (AvgIpc) is 3.04. The van der Waals surface area contributed by atoms with Crippen LogP contribution in [0.5, 0.6) is 0 Å². The Balaban J connectivity index is 2.09. The van der Waals surface area contributed by atoms with Gasteiger partial charge in [0.15, 0.2) is 8.32 Å². The van der Waals surface area contributed by atoms with Crippen LogP contribution < -0.4 is 0 Å². The van der Waals surface area contributed by atoms with Crippen LogP contribution in [0.15, 0.2) is 54.6 Å². The predicted octanol–water partition coefficient (Wildman–Crippen LogP) is 7.40. The van der Waals surface area contributed by atoms with Crippen molar-refractivity contribution in [3.8, 4) is 0 Å². The SMILES string of the molecule is CC1CC(O)C(C/C=C\CCCC(=O)O)[C@H]1/C=C/C(CCc1ccccc1)O[Si](C)(C)C(C)(C)C. The van der Waals surface area contributed by atoms with Crippen molar-refractivity contribution in [1.82, 2.24) is 0 Å². The quantitative estimate of drug-likeness (QED) is 0.168. The standard InChI is InChI=1S/C30H48O4Si/c1-23-22-28(31)27(16-12-7-8-13-17-29(32)33)26(23)21-20-25(34-35(5,6)30(2,3)4)19-18-24-14-10-9-11-15-24/h7,9-12,14-15,20-21,23,25-28,31H,8,13,16-19,22H2,1-6H3,(H,32,33)/b12-7-,21-20+/t23?,25?,26-,27?,28?/m0/s1. The minimum absolute atomic E-state index is 0.0632. The monoisotopic (exact) mass is 500 g/mol. The van der Waals surface area contributed by atoms with E-state index in [1.165, 1.54) is 5.56 Å². The molecule has 1 saturated carbocycles. The minimum Gasteiger partial charge on any atom is -0.481 e. The minimum atomic E-state index is -1.93. The second-order valence-corrected chi connectivity index (χ2v) is 16.6. The first kappa shape index (κ1) is 29.5. The number of unbranched alkanes of at least 4 members (excludes halogenated alkanes) is 1. The summed E-state index contributed by atoms with van der Waals surface area (Å²) >= 11 is 0. The first-order chi connectivity index (χ1) is 16.4. The first-order valence-electron chi connectivity index (χ1n) is 13.4. The summed E-state index contributed by atoms with van der Waals surface area (Å²) in [5, 5.41) is 19.7. The van der Waals surface area contributed by atoms with Crippen LogP contribution in [-0.2, 0) is 15.6 Å². The number of hydrogen-bond acceptors (Lipinski definition) is 3. The lowest BCUT2D eigenvalue weighted by molar-refractivity contribution is -0.137. The number of aliphatic hydroxyl groups excluding tert-OH is 1. The van der Waals surface area contributed by atoms with Crippen LogP contribution in [-0.4, -0.2) is 36.7 Å². The number of aryl methyl sites for hydroxylation is 1. The van der Waals surface area contributed by atoms with Gasteiger partial charge in [0.1, 0.15) is 0 Å². The molecule has 196 valence electrons. The first-order valence-corrected chi connectivity index (χ1v) is 16.3. The van der Waals surface area contributed by atoms with E-state index in [-0.39, 0.29) is 29.6 Å². The Labute approximate surface area is 214 Å². The zero-order valence-corrected chi connectivity index (χ0v) is 23.7. The van der Waals surface area contributed by atoms with Crippen molar-refractivity contribution in [2.24, 2.45) is 17.8 Å². The Morgan fingerprint density at radius 1 is 1.20 bits per heavy atom. The zero-order chi connectivity index (χ0) is 26.1. The maximum atomic E-state index is 10.7. The van der Waals surface area contributed by atoms with Gasteiger partial charge in [-0.1, -0.05) is 82.3 Å². The molecule has 0 aliphatic heterocycles. The maximum Gasteiger partial charge on any atom is 0.303 e. The summed E-state index contributed by atoms with van der Waals surface area (Å²) in [5.41, 5.74) is 1.33. The van der Waals surface area contributed by atoms with E-state index in [1.54, 1.807) is 0 Å². The Bertz CT molecular complexity index is 825. The average molecular weight is 501 g/mol. The molecule has 35 heavy (non-hydrogen) atoms. The van der Waals surface area contributed by atoms with Gasteiger partial charge in [0, 0.05) is 6.42 Å². The van der Waals surface area contributed by atoms with Crippen molar-refractivity contribution in [3.05, 3.63) is 60.2 Å². The number of aliphatic hydroxyl groups is 1. The highest BCUT2D eigenvalue weighted by Crippen LogP contribution is 2.41.